The number of nitrogens with zero attached hydrogens (tertiary/aromatic N) is 3. The molecule has 3 rings (SSSR count). The van der Waals surface area contributed by atoms with Crippen LogP contribution in [0.15, 0.2) is 24.3 Å². The van der Waals surface area contributed by atoms with E-state index in [1.165, 1.54) is 0 Å². The van der Waals surface area contributed by atoms with Gasteiger partial charge in [-0.1, -0.05) is 6.07 Å². The highest BCUT2D eigenvalue weighted by Gasteiger charge is 2.49. The van der Waals surface area contributed by atoms with Crippen molar-refractivity contribution in [2.75, 3.05) is 38.5 Å². The van der Waals surface area contributed by atoms with Crippen molar-refractivity contribution in [3.63, 3.8) is 0 Å². The number of benzene rings is 1. The molecule has 2 unspecified atom stereocenters. The number of nitriles is 1. The lowest BCUT2D eigenvalue weighted by atomic mass is 10.2. The Morgan fingerprint density at radius 3 is 2.65 bits per heavy atom. The second-order valence-electron chi connectivity index (χ2n) is 6.26. The summed E-state index contributed by atoms with van der Waals surface area (Å²) in [6, 6.07) is 8.84. The van der Waals surface area contributed by atoms with Crippen molar-refractivity contribution in [1.82, 2.24) is 9.80 Å². The maximum atomic E-state index is 12.4. The summed E-state index contributed by atoms with van der Waals surface area (Å²) in [5, 5.41) is 11.7. The van der Waals surface area contributed by atoms with Gasteiger partial charge in [0.2, 0.25) is 11.8 Å². The van der Waals surface area contributed by atoms with Gasteiger partial charge >= 0.3 is 0 Å². The van der Waals surface area contributed by atoms with Crippen molar-refractivity contribution in [3.05, 3.63) is 29.8 Å². The van der Waals surface area contributed by atoms with Gasteiger partial charge in [0.15, 0.2) is 0 Å². The minimum atomic E-state index is -0.243. The van der Waals surface area contributed by atoms with E-state index in [2.05, 4.69) is 10.2 Å². The maximum absolute atomic E-state index is 12.4. The largest absolute Gasteiger partial charge is 0.340 e. The number of piperazine rings is 1. The third kappa shape index (κ3) is 3.51. The van der Waals surface area contributed by atoms with Gasteiger partial charge in [-0.15, -0.1) is 0 Å². The normalized spacial score (nSPS) is 23.9. The Balaban J connectivity index is 1.54. The lowest BCUT2D eigenvalue weighted by Gasteiger charge is -2.32. The second-order valence-corrected chi connectivity index (χ2v) is 6.26. The van der Waals surface area contributed by atoms with E-state index in [4.69, 9.17) is 5.26 Å². The summed E-state index contributed by atoms with van der Waals surface area (Å²) in [4.78, 5) is 28.7. The standard InChI is InChI=1S/C17H20N4O2/c1-20-5-7-21(8-6-20)17(23)15-10-14(15)16(22)19-13-4-2-3-12(9-13)11-18/h2-4,9,14-15H,5-8,10H2,1H3,(H,19,22). The zero-order chi connectivity index (χ0) is 16.4. The van der Waals surface area contributed by atoms with Crippen molar-refractivity contribution in [2.24, 2.45) is 11.8 Å². The molecule has 1 N–H and O–H groups in total. The molecule has 6 heteroatoms. The van der Waals surface area contributed by atoms with E-state index in [9.17, 15) is 9.59 Å². The number of carbonyl (C=O) groups excluding carboxylic acids is 2. The molecule has 0 radical (unpaired) electrons. The van der Waals surface area contributed by atoms with Gasteiger partial charge in [-0.3, -0.25) is 9.59 Å². The third-order valence-corrected chi connectivity index (χ3v) is 4.52. The van der Waals surface area contributed by atoms with E-state index in [1.54, 1.807) is 24.3 Å². The Kier molecular flexibility index (Phi) is 4.30. The Bertz CT molecular complexity index is 659. The summed E-state index contributed by atoms with van der Waals surface area (Å²) in [5.41, 5.74) is 1.11. The van der Waals surface area contributed by atoms with Crippen LogP contribution in [-0.2, 0) is 9.59 Å². The molecule has 1 saturated carbocycles. The SMILES string of the molecule is CN1CCN(C(=O)C2CC2C(=O)Nc2cccc(C#N)c2)CC1. The monoisotopic (exact) mass is 312 g/mol. The molecule has 0 aromatic heterocycles. The minimum Gasteiger partial charge on any atom is -0.340 e. The van der Waals surface area contributed by atoms with Crippen LogP contribution in [0, 0.1) is 23.2 Å². The Morgan fingerprint density at radius 2 is 1.96 bits per heavy atom. The van der Waals surface area contributed by atoms with Crippen LogP contribution < -0.4 is 5.32 Å². The summed E-state index contributed by atoms with van der Waals surface area (Å²) in [6.07, 6.45) is 0.620. The molecule has 1 saturated heterocycles. The van der Waals surface area contributed by atoms with Gasteiger partial charge in [0.25, 0.3) is 0 Å². The average Bonchev–Trinajstić information content (AvgIpc) is 3.36. The number of hydrogen-bond donors (Lipinski definition) is 1. The van der Waals surface area contributed by atoms with Crippen LogP contribution in [-0.4, -0.2) is 54.8 Å². The van der Waals surface area contributed by atoms with E-state index >= 15 is 0 Å². The van der Waals surface area contributed by atoms with Crippen LogP contribution in [0.5, 0.6) is 0 Å². The van der Waals surface area contributed by atoms with E-state index in [1.807, 2.05) is 18.0 Å². The van der Waals surface area contributed by atoms with Gasteiger partial charge in [-0.2, -0.15) is 5.26 Å². The van der Waals surface area contributed by atoms with Crippen LogP contribution in [0.3, 0.4) is 0 Å². The fraction of sp³-hybridized carbons (Fsp3) is 0.471. The summed E-state index contributed by atoms with van der Waals surface area (Å²) in [5.74, 6) is -0.456. The van der Waals surface area contributed by atoms with Crippen molar-refractivity contribution in [3.8, 4) is 6.07 Å². The molecule has 1 aliphatic heterocycles. The quantitative estimate of drug-likeness (QED) is 0.900. The first-order valence-corrected chi connectivity index (χ1v) is 7.87. The molecule has 1 aliphatic carbocycles. The summed E-state index contributed by atoms with van der Waals surface area (Å²) >= 11 is 0. The smallest absolute Gasteiger partial charge is 0.228 e. The zero-order valence-electron chi connectivity index (χ0n) is 13.2. The Hall–Kier alpha value is -2.39. The van der Waals surface area contributed by atoms with E-state index < -0.39 is 0 Å². The molecule has 2 aliphatic rings. The molecule has 2 atom stereocenters. The van der Waals surface area contributed by atoms with E-state index in [-0.39, 0.29) is 23.7 Å². The summed E-state index contributed by atoms with van der Waals surface area (Å²) in [7, 11) is 2.05. The van der Waals surface area contributed by atoms with Gasteiger partial charge in [0.1, 0.15) is 0 Å². The first-order chi connectivity index (χ1) is 11.1. The van der Waals surface area contributed by atoms with Crippen molar-refractivity contribution < 1.29 is 9.59 Å². The molecule has 1 heterocycles. The second kappa shape index (κ2) is 6.39. The number of nitrogens with one attached hydrogen (secondary N) is 1. The molecule has 1 aromatic rings. The van der Waals surface area contributed by atoms with Crippen LogP contribution in [0.4, 0.5) is 5.69 Å². The first kappa shape index (κ1) is 15.5. The zero-order valence-corrected chi connectivity index (χ0v) is 13.2. The fourth-order valence-corrected chi connectivity index (χ4v) is 2.92. The minimum absolute atomic E-state index is 0.101. The molecule has 1 aromatic carbocycles. The molecule has 2 fully saturated rings. The molecule has 0 bridgehead atoms. The predicted molar refractivity (Wildman–Crippen MR) is 85.5 cm³/mol. The predicted octanol–water partition coefficient (Wildman–Crippen LogP) is 0.907. The lowest BCUT2D eigenvalue weighted by molar-refractivity contribution is -0.135. The molecular weight excluding hydrogens is 292 g/mol. The number of rotatable bonds is 3. The number of anilines is 1. The van der Waals surface area contributed by atoms with E-state index in [0.717, 1.165) is 26.2 Å². The highest BCUT2D eigenvalue weighted by molar-refractivity contribution is 5.99. The summed E-state index contributed by atoms with van der Waals surface area (Å²) < 4.78 is 0. The molecular formula is C17H20N4O2. The lowest BCUT2D eigenvalue weighted by Crippen LogP contribution is -2.48. The van der Waals surface area contributed by atoms with Gasteiger partial charge in [-0.05, 0) is 31.7 Å². The number of hydrogen-bond acceptors (Lipinski definition) is 4. The van der Waals surface area contributed by atoms with Crippen LogP contribution >= 0.6 is 0 Å². The number of likely N-dealkylation sites (N-methyl/N-ethyl adjacent to an activating group) is 1. The molecule has 23 heavy (non-hydrogen) atoms. The topological polar surface area (TPSA) is 76.4 Å². The average molecular weight is 312 g/mol. The van der Waals surface area contributed by atoms with Crippen molar-refractivity contribution in [2.45, 2.75) is 6.42 Å². The van der Waals surface area contributed by atoms with Gasteiger partial charge < -0.3 is 15.1 Å². The molecule has 0 spiro atoms. The fourth-order valence-electron chi connectivity index (χ4n) is 2.92. The van der Waals surface area contributed by atoms with Crippen molar-refractivity contribution >= 4 is 17.5 Å². The van der Waals surface area contributed by atoms with Gasteiger partial charge in [-0.25, -0.2) is 0 Å². The van der Waals surface area contributed by atoms with Gasteiger partial charge in [0, 0.05) is 31.9 Å². The van der Waals surface area contributed by atoms with Crippen LogP contribution in [0.1, 0.15) is 12.0 Å². The third-order valence-electron chi connectivity index (χ3n) is 4.52. The van der Waals surface area contributed by atoms with Crippen LogP contribution in [0.25, 0.3) is 0 Å². The maximum Gasteiger partial charge on any atom is 0.228 e. The molecule has 2 amide bonds. The highest BCUT2D eigenvalue weighted by atomic mass is 16.2. The number of amides is 2. The van der Waals surface area contributed by atoms with E-state index in [0.29, 0.717) is 17.7 Å². The van der Waals surface area contributed by atoms with Crippen molar-refractivity contribution in [1.29, 1.82) is 5.26 Å². The molecule has 120 valence electrons. The Labute approximate surface area is 135 Å². The van der Waals surface area contributed by atoms with Crippen LogP contribution in [0.2, 0.25) is 0 Å². The first-order valence-electron chi connectivity index (χ1n) is 7.87. The summed E-state index contributed by atoms with van der Waals surface area (Å²) in [6.45, 7) is 3.25. The highest BCUT2D eigenvalue weighted by Crippen LogP contribution is 2.41. The molecule has 6 nitrogen and oxygen atoms in total. The Morgan fingerprint density at radius 1 is 1.22 bits per heavy atom. The number of carbonyl (C=O) groups is 2. The van der Waals surface area contributed by atoms with Gasteiger partial charge in [0.05, 0.1) is 23.5 Å².